The second-order valence-electron chi connectivity index (χ2n) is 8.76. The van der Waals surface area contributed by atoms with Crippen molar-refractivity contribution >= 4 is 32.4 Å². The highest BCUT2D eigenvalue weighted by atomic mass is 32.2. The molecule has 2 atom stereocenters. The quantitative estimate of drug-likeness (QED) is 0.419. The van der Waals surface area contributed by atoms with Crippen molar-refractivity contribution in [2.45, 2.75) is 45.8 Å². The van der Waals surface area contributed by atoms with Crippen molar-refractivity contribution < 1.29 is 22.1 Å². The SMILES string of the molecule is C=CCC(COS(C)(=O)=O)C12CCC(=O)C(CC)=C1c1ccc3c(cnn3COC)c1C2. The Morgan fingerprint density at radius 2 is 2.16 bits per heavy atom. The predicted molar refractivity (Wildman–Crippen MR) is 123 cm³/mol. The summed E-state index contributed by atoms with van der Waals surface area (Å²) in [5, 5.41) is 5.54. The third kappa shape index (κ3) is 3.74. The number of ether oxygens (including phenoxy) is 1. The number of rotatable bonds is 9. The number of fused-ring (bicyclic) bond motifs is 5. The van der Waals surface area contributed by atoms with Crippen LogP contribution >= 0.6 is 0 Å². The third-order valence-corrected chi connectivity index (χ3v) is 7.52. The molecule has 0 fully saturated rings. The third-order valence-electron chi connectivity index (χ3n) is 6.96. The number of carbonyl (C=O) groups is 1. The molecule has 2 aromatic rings. The van der Waals surface area contributed by atoms with E-state index in [0.29, 0.717) is 32.4 Å². The molecule has 1 aromatic carbocycles. The molecule has 4 rings (SSSR count). The topological polar surface area (TPSA) is 87.5 Å². The molecule has 0 saturated carbocycles. The summed E-state index contributed by atoms with van der Waals surface area (Å²) in [7, 11) is -1.95. The molecule has 2 aliphatic rings. The standard InChI is InChI=1S/C24H30N2O5S/c1-5-7-16(14-31-32(4,28)29)24-11-10-22(27)17(6-2)23(24)18-8-9-21-20(19(18)12-24)13-25-26(21)15-30-3/h5,8-9,13,16H,1,6-7,10-12,14-15H2,2-4H3. The molecule has 2 aliphatic carbocycles. The van der Waals surface area contributed by atoms with E-state index in [2.05, 4.69) is 17.7 Å². The minimum atomic E-state index is -3.59. The first kappa shape index (κ1) is 22.9. The number of aromatic nitrogens is 2. The molecular formula is C24H30N2O5S. The lowest BCUT2D eigenvalue weighted by Crippen LogP contribution is -2.38. The van der Waals surface area contributed by atoms with Gasteiger partial charge in [0.15, 0.2) is 5.78 Å². The molecule has 2 unspecified atom stereocenters. The zero-order valence-corrected chi connectivity index (χ0v) is 19.7. The Balaban J connectivity index is 1.92. The van der Waals surface area contributed by atoms with Gasteiger partial charge in [-0.05, 0) is 59.9 Å². The van der Waals surface area contributed by atoms with Crippen molar-refractivity contribution in [2.75, 3.05) is 20.0 Å². The molecule has 0 N–H and O–H groups in total. The molecule has 0 spiro atoms. The fraction of sp³-hybridized carbons (Fsp3) is 0.500. The van der Waals surface area contributed by atoms with E-state index in [-0.39, 0.29) is 23.7 Å². The summed E-state index contributed by atoms with van der Waals surface area (Å²) in [6.07, 6.45) is 7.84. The van der Waals surface area contributed by atoms with Crippen molar-refractivity contribution in [2.24, 2.45) is 11.3 Å². The first-order valence-electron chi connectivity index (χ1n) is 10.9. The number of methoxy groups -OCH3 is 1. The number of ketones is 1. The van der Waals surface area contributed by atoms with Crippen molar-refractivity contribution in [1.29, 1.82) is 0 Å². The molecule has 32 heavy (non-hydrogen) atoms. The van der Waals surface area contributed by atoms with Gasteiger partial charge in [-0.1, -0.05) is 19.1 Å². The summed E-state index contributed by atoms with van der Waals surface area (Å²) >= 11 is 0. The minimum Gasteiger partial charge on any atom is -0.362 e. The van der Waals surface area contributed by atoms with Crippen molar-refractivity contribution in [3.8, 4) is 0 Å². The van der Waals surface area contributed by atoms with Crippen LogP contribution in [0, 0.1) is 11.3 Å². The molecule has 172 valence electrons. The molecule has 0 saturated heterocycles. The van der Waals surface area contributed by atoms with E-state index in [1.807, 2.05) is 29.9 Å². The predicted octanol–water partition coefficient (Wildman–Crippen LogP) is 3.88. The molecule has 0 amide bonds. The molecule has 0 bridgehead atoms. The van der Waals surface area contributed by atoms with Crippen LogP contribution < -0.4 is 0 Å². The van der Waals surface area contributed by atoms with E-state index >= 15 is 0 Å². The van der Waals surface area contributed by atoms with Crippen molar-refractivity contribution in [3.05, 3.63) is 47.7 Å². The summed E-state index contributed by atoms with van der Waals surface area (Å²) in [4.78, 5) is 12.9. The van der Waals surface area contributed by atoms with Gasteiger partial charge in [0.25, 0.3) is 10.1 Å². The highest BCUT2D eigenvalue weighted by Gasteiger charge is 2.51. The fourth-order valence-corrected chi connectivity index (χ4v) is 6.03. The number of nitrogens with zero attached hydrogens (tertiary/aromatic N) is 2. The molecule has 1 heterocycles. The van der Waals surface area contributed by atoms with Gasteiger partial charge in [0.1, 0.15) is 6.73 Å². The smallest absolute Gasteiger partial charge is 0.264 e. The van der Waals surface area contributed by atoms with Gasteiger partial charge in [-0.15, -0.1) is 6.58 Å². The van der Waals surface area contributed by atoms with Gasteiger partial charge < -0.3 is 4.74 Å². The normalized spacial score (nSPS) is 21.7. The number of hydrogen-bond donors (Lipinski definition) is 0. The highest BCUT2D eigenvalue weighted by molar-refractivity contribution is 7.85. The first-order chi connectivity index (χ1) is 15.3. The Labute approximate surface area is 189 Å². The van der Waals surface area contributed by atoms with Gasteiger partial charge >= 0.3 is 0 Å². The number of Topliss-reactive ketones (excluding diaryl/α,β-unsaturated/α-hetero) is 1. The van der Waals surface area contributed by atoms with Crippen molar-refractivity contribution in [1.82, 2.24) is 9.78 Å². The lowest BCUT2D eigenvalue weighted by molar-refractivity contribution is -0.116. The van der Waals surface area contributed by atoms with E-state index in [1.165, 1.54) is 0 Å². The van der Waals surface area contributed by atoms with Crippen LogP contribution in [0.5, 0.6) is 0 Å². The maximum absolute atomic E-state index is 12.9. The minimum absolute atomic E-state index is 0.0691. The molecule has 8 heteroatoms. The monoisotopic (exact) mass is 458 g/mol. The van der Waals surface area contributed by atoms with E-state index in [0.717, 1.165) is 45.9 Å². The fourth-order valence-electron chi connectivity index (χ4n) is 5.62. The van der Waals surface area contributed by atoms with Crippen LogP contribution in [-0.2, 0) is 37.0 Å². The number of benzene rings is 1. The lowest BCUT2D eigenvalue weighted by atomic mass is 9.61. The number of allylic oxidation sites excluding steroid dienone is 3. The van der Waals surface area contributed by atoms with Crippen LogP contribution in [0.15, 0.2) is 36.6 Å². The van der Waals surface area contributed by atoms with E-state index in [4.69, 9.17) is 8.92 Å². The molecular weight excluding hydrogens is 428 g/mol. The molecule has 0 radical (unpaired) electrons. The second-order valence-corrected chi connectivity index (χ2v) is 10.4. The van der Waals surface area contributed by atoms with Crippen LogP contribution in [-0.4, -0.2) is 44.0 Å². The zero-order chi connectivity index (χ0) is 23.1. The van der Waals surface area contributed by atoms with Gasteiger partial charge in [-0.2, -0.15) is 13.5 Å². The molecule has 1 aromatic heterocycles. The van der Waals surface area contributed by atoms with Crippen LogP contribution in [0.1, 0.15) is 43.7 Å². The highest BCUT2D eigenvalue weighted by Crippen LogP contribution is 2.60. The zero-order valence-electron chi connectivity index (χ0n) is 18.9. The van der Waals surface area contributed by atoms with E-state index in [9.17, 15) is 13.2 Å². The van der Waals surface area contributed by atoms with Gasteiger partial charge in [-0.3, -0.25) is 8.98 Å². The Bertz CT molecular complexity index is 1210. The van der Waals surface area contributed by atoms with Crippen LogP contribution in [0.2, 0.25) is 0 Å². The summed E-state index contributed by atoms with van der Waals surface area (Å²) in [5.41, 5.74) is 4.76. The largest absolute Gasteiger partial charge is 0.362 e. The van der Waals surface area contributed by atoms with E-state index < -0.39 is 10.1 Å². The van der Waals surface area contributed by atoms with Crippen LogP contribution in [0.3, 0.4) is 0 Å². The summed E-state index contributed by atoms with van der Waals surface area (Å²) in [6, 6.07) is 4.12. The number of carbonyl (C=O) groups excluding carboxylic acids is 1. The van der Waals surface area contributed by atoms with Gasteiger partial charge in [0.2, 0.25) is 0 Å². The van der Waals surface area contributed by atoms with E-state index in [1.54, 1.807) is 7.11 Å². The first-order valence-corrected chi connectivity index (χ1v) is 12.8. The maximum Gasteiger partial charge on any atom is 0.264 e. The number of hydrogen-bond acceptors (Lipinski definition) is 6. The average molecular weight is 459 g/mol. The molecule has 0 aliphatic heterocycles. The summed E-state index contributed by atoms with van der Waals surface area (Å²) in [6.45, 7) is 6.35. The lowest BCUT2D eigenvalue weighted by Gasteiger charge is -2.42. The second kappa shape index (κ2) is 8.57. The Kier molecular flexibility index (Phi) is 6.13. The Morgan fingerprint density at radius 1 is 1.38 bits per heavy atom. The average Bonchev–Trinajstić information content (AvgIpc) is 3.30. The maximum atomic E-state index is 12.9. The van der Waals surface area contributed by atoms with Gasteiger partial charge in [0, 0.05) is 24.3 Å². The Hall–Kier alpha value is -2.29. The van der Waals surface area contributed by atoms with Gasteiger partial charge in [0.05, 0.1) is 24.6 Å². The summed E-state index contributed by atoms with van der Waals surface area (Å²) in [5.74, 6) is 0.0679. The van der Waals surface area contributed by atoms with Crippen LogP contribution in [0.4, 0.5) is 0 Å². The van der Waals surface area contributed by atoms with Crippen LogP contribution in [0.25, 0.3) is 16.5 Å². The molecule has 7 nitrogen and oxygen atoms in total. The van der Waals surface area contributed by atoms with Gasteiger partial charge in [-0.25, -0.2) is 4.68 Å². The Morgan fingerprint density at radius 3 is 2.81 bits per heavy atom. The van der Waals surface area contributed by atoms with Crippen molar-refractivity contribution in [3.63, 3.8) is 0 Å². The summed E-state index contributed by atoms with van der Waals surface area (Å²) < 4.78 is 36.0.